The number of rotatable bonds is 4. The Morgan fingerprint density at radius 2 is 1.90 bits per heavy atom. The fourth-order valence-corrected chi connectivity index (χ4v) is 1.78. The third-order valence-electron chi connectivity index (χ3n) is 2.36. The lowest BCUT2D eigenvalue weighted by Crippen LogP contribution is -2.10. The molecule has 0 aliphatic rings. The lowest BCUT2D eigenvalue weighted by molar-refractivity contribution is 0.222. The number of ether oxygens (including phenoxy) is 1. The van der Waals surface area contributed by atoms with Crippen molar-refractivity contribution < 1.29 is 4.74 Å². The van der Waals surface area contributed by atoms with Crippen molar-refractivity contribution in [3.05, 3.63) is 34.1 Å². The molecule has 0 amide bonds. The quantitative estimate of drug-likeness (QED) is 0.924. The van der Waals surface area contributed by atoms with Crippen molar-refractivity contribution in [1.29, 1.82) is 0 Å². The Labute approximate surface area is 127 Å². The summed E-state index contributed by atoms with van der Waals surface area (Å²) in [6.45, 7) is 5.69. The van der Waals surface area contributed by atoms with Crippen LogP contribution in [-0.4, -0.2) is 21.1 Å². The number of nitrogens with zero attached hydrogens (tertiary/aromatic N) is 3. The molecule has 2 rings (SSSR count). The summed E-state index contributed by atoms with van der Waals surface area (Å²) in [6.07, 6.45) is -0.0462. The first-order valence-corrected chi connectivity index (χ1v) is 6.81. The van der Waals surface area contributed by atoms with E-state index in [4.69, 9.17) is 27.9 Å². The summed E-state index contributed by atoms with van der Waals surface area (Å²) in [6, 6.07) is 5.75. The highest BCUT2D eigenvalue weighted by Crippen LogP contribution is 2.23. The predicted molar refractivity (Wildman–Crippen MR) is 80.1 cm³/mol. The van der Waals surface area contributed by atoms with E-state index >= 15 is 0 Å². The molecule has 0 saturated carbocycles. The Morgan fingerprint density at radius 3 is 2.55 bits per heavy atom. The molecule has 0 unspecified atom stereocenters. The first-order valence-electron chi connectivity index (χ1n) is 6.05. The molecule has 0 aliphatic heterocycles. The average Bonchev–Trinajstić information content (AvgIpc) is 2.32. The molecule has 5 nitrogen and oxygen atoms in total. The van der Waals surface area contributed by atoms with Crippen LogP contribution >= 0.6 is 23.2 Å². The average molecular weight is 313 g/mol. The Bertz CT molecular complexity index is 619. The highest BCUT2D eigenvalue weighted by molar-refractivity contribution is 6.31. The van der Waals surface area contributed by atoms with Gasteiger partial charge in [-0.25, -0.2) is 0 Å². The van der Waals surface area contributed by atoms with Gasteiger partial charge >= 0.3 is 6.01 Å². The van der Waals surface area contributed by atoms with E-state index in [1.165, 1.54) is 0 Å². The van der Waals surface area contributed by atoms with Crippen molar-refractivity contribution in [2.75, 3.05) is 5.32 Å². The molecular weight excluding hydrogens is 299 g/mol. The van der Waals surface area contributed by atoms with Crippen LogP contribution in [-0.2, 0) is 0 Å². The molecule has 1 aromatic heterocycles. The number of aryl methyl sites for hydroxylation is 1. The zero-order valence-corrected chi connectivity index (χ0v) is 12.8. The van der Waals surface area contributed by atoms with Crippen LogP contribution in [0.4, 0.5) is 11.6 Å². The zero-order valence-electron chi connectivity index (χ0n) is 11.3. The van der Waals surface area contributed by atoms with Gasteiger partial charge in [0.25, 0.3) is 0 Å². The Hall–Kier alpha value is -1.59. The fraction of sp³-hybridized carbons (Fsp3) is 0.308. The normalized spacial score (nSPS) is 10.7. The SMILES string of the molecule is Cc1ccc(Nc2nc(Cl)nc(OC(C)C)n2)cc1Cl. The van der Waals surface area contributed by atoms with Crippen LogP contribution < -0.4 is 10.1 Å². The number of halogens is 2. The van der Waals surface area contributed by atoms with Gasteiger partial charge in [-0.05, 0) is 50.1 Å². The van der Waals surface area contributed by atoms with Crippen molar-refractivity contribution in [1.82, 2.24) is 15.0 Å². The first kappa shape index (κ1) is 14.8. The molecule has 0 radical (unpaired) electrons. The molecule has 1 N–H and O–H groups in total. The second-order valence-corrected chi connectivity index (χ2v) is 5.21. The van der Waals surface area contributed by atoms with Gasteiger partial charge < -0.3 is 10.1 Å². The second kappa shape index (κ2) is 6.24. The number of hydrogen-bond donors (Lipinski definition) is 1. The van der Waals surface area contributed by atoms with Crippen LogP contribution in [0.2, 0.25) is 10.3 Å². The van der Waals surface area contributed by atoms with Crippen molar-refractivity contribution in [3.8, 4) is 6.01 Å². The van der Waals surface area contributed by atoms with Crippen molar-refractivity contribution in [2.45, 2.75) is 26.9 Å². The smallest absolute Gasteiger partial charge is 0.322 e. The van der Waals surface area contributed by atoms with Gasteiger partial charge in [-0.3, -0.25) is 0 Å². The molecule has 20 heavy (non-hydrogen) atoms. The summed E-state index contributed by atoms with van der Waals surface area (Å²) in [7, 11) is 0. The largest absolute Gasteiger partial charge is 0.461 e. The molecule has 1 aromatic carbocycles. The lowest BCUT2D eigenvalue weighted by Gasteiger charge is -2.10. The van der Waals surface area contributed by atoms with Gasteiger partial charge in [0.05, 0.1) is 6.10 Å². The van der Waals surface area contributed by atoms with Crippen LogP contribution in [0, 0.1) is 6.92 Å². The van der Waals surface area contributed by atoms with Crippen LogP contribution in [0.1, 0.15) is 19.4 Å². The fourth-order valence-electron chi connectivity index (χ4n) is 1.45. The van der Waals surface area contributed by atoms with Gasteiger partial charge in [-0.2, -0.15) is 15.0 Å². The molecule has 106 valence electrons. The summed E-state index contributed by atoms with van der Waals surface area (Å²) < 4.78 is 5.40. The summed E-state index contributed by atoms with van der Waals surface area (Å²) in [5.74, 6) is 0.306. The van der Waals surface area contributed by atoms with Crippen molar-refractivity contribution >= 4 is 34.8 Å². The van der Waals surface area contributed by atoms with E-state index < -0.39 is 0 Å². The van der Waals surface area contributed by atoms with E-state index in [1.807, 2.05) is 32.9 Å². The second-order valence-electron chi connectivity index (χ2n) is 4.47. The van der Waals surface area contributed by atoms with Crippen molar-refractivity contribution in [2.24, 2.45) is 0 Å². The van der Waals surface area contributed by atoms with E-state index in [2.05, 4.69) is 20.3 Å². The van der Waals surface area contributed by atoms with Crippen LogP contribution in [0.15, 0.2) is 18.2 Å². The Balaban J connectivity index is 2.24. The number of benzene rings is 1. The van der Waals surface area contributed by atoms with Gasteiger partial charge in [0.2, 0.25) is 11.2 Å². The van der Waals surface area contributed by atoms with Gasteiger partial charge in [-0.1, -0.05) is 17.7 Å². The minimum Gasteiger partial charge on any atom is -0.461 e. The maximum absolute atomic E-state index is 6.07. The minimum absolute atomic E-state index is 0.0462. The molecule has 2 aromatic rings. The topological polar surface area (TPSA) is 59.9 Å². The van der Waals surface area contributed by atoms with Crippen LogP contribution in [0.3, 0.4) is 0 Å². The first-order chi connectivity index (χ1) is 9.44. The minimum atomic E-state index is -0.0462. The molecule has 0 saturated heterocycles. The monoisotopic (exact) mass is 312 g/mol. The van der Waals surface area contributed by atoms with Gasteiger partial charge in [0.15, 0.2) is 0 Å². The molecule has 7 heteroatoms. The van der Waals surface area contributed by atoms with Gasteiger partial charge in [0.1, 0.15) is 0 Å². The van der Waals surface area contributed by atoms with Crippen LogP contribution in [0.5, 0.6) is 6.01 Å². The molecule has 0 bridgehead atoms. The van der Waals surface area contributed by atoms with E-state index in [1.54, 1.807) is 6.07 Å². The lowest BCUT2D eigenvalue weighted by atomic mass is 10.2. The van der Waals surface area contributed by atoms with Gasteiger partial charge in [0, 0.05) is 10.7 Å². The predicted octanol–water partition coefficient (Wildman–Crippen LogP) is 4.02. The number of nitrogens with one attached hydrogen (secondary N) is 1. The molecular formula is C13H14Cl2N4O. The number of aromatic nitrogens is 3. The summed E-state index contributed by atoms with van der Waals surface area (Å²) in [5, 5.41) is 3.74. The standard InChI is InChI=1S/C13H14Cl2N4O/c1-7(2)20-13-18-11(15)17-12(19-13)16-9-5-4-8(3)10(14)6-9/h4-7H,1-3H3,(H,16,17,18,19). The number of hydrogen-bond acceptors (Lipinski definition) is 5. The van der Waals surface area contributed by atoms with E-state index in [-0.39, 0.29) is 17.4 Å². The molecule has 0 aliphatic carbocycles. The summed E-state index contributed by atoms with van der Waals surface area (Å²) >= 11 is 11.9. The Kier molecular flexibility index (Phi) is 4.62. The highest BCUT2D eigenvalue weighted by atomic mass is 35.5. The third-order valence-corrected chi connectivity index (χ3v) is 2.93. The van der Waals surface area contributed by atoms with E-state index in [9.17, 15) is 0 Å². The van der Waals surface area contributed by atoms with Crippen LogP contribution in [0.25, 0.3) is 0 Å². The maximum atomic E-state index is 6.07. The molecule has 0 spiro atoms. The molecule has 0 fully saturated rings. The number of anilines is 2. The summed E-state index contributed by atoms with van der Waals surface area (Å²) in [5.41, 5.74) is 1.76. The third kappa shape index (κ3) is 3.95. The van der Waals surface area contributed by atoms with E-state index in [0.717, 1.165) is 11.3 Å². The molecule has 1 heterocycles. The maximum Gasteiger partial charge on any atom is 0.322 e. The highest BCUT2D eigenvalue weighted by Gasteiger charge is 2.08. The molecule has 0 atom stereocenters. The zero-order chi connectivity index (χ0) is 14.7. The summed E-state index contributed by atoms with van der Waals surface area (Å²) in [4.78, 5) is 12.0. The van der Waals surface area contributed by atoms with Gasteiger partial charge in [-0.15, -0.1) is 0 Å². The Morgan fingerprint density at radius 1 is 1.15 bits per heavy atom. The van der Waals surface area contributed by atoms with E-state index in [0.29, 0.717) is 11.0 Å². The van der Waals surface area contributed by atoms with Crippen molar-refractivity contribution in [3.63, 3.8) is 0 Å².